The van der Waals surface area contributed by atoms with Crippen LogP contribution in [0.1, 0.15) is 23.6 Å². The molecule has 0 saturated heterocycles. The monoisotopic (exact) mass is 521 g/mol. The average Bonchev–Trinajstić information content (AvgIpc) is 2.77. The molecular formula is C25H21Br2N3. The summed E-state index contributed by atoms with van der Waals surface area (Å²) in [6.07, 6.45) is 1.00. The predicted molar refractivity (Wildman–Crippen MR) is 130 cm³/mol. The summed E-state index contributed by atoms with van der Waals surface area (Å²) in [5.74, 6) is 2.02. The van der Waals surface area contributed by atoms with Gasteiger partial charge in [-0.05, 0) is 61.2 Å². The lowest BCUT2D eigenvalue weighted by Crippen LogP contribution is -2.00. The highest BCUT2D eigenvalue weighted by molar-refractivity contribution is 9.10. The van der Waals surface area contributed by atoms with E-state index in [0.29, 0.717) is 17.5 Å². The van der Waals surface area contributed by atoms with Gasteiger partial charge in [0.2, 0.25) is 0 Å². The lowest BCUT2D eigenvalue weighted by Gasteiger charge is -2.10. The van der Waals surface area contributed by atoms with Crippen molar-refractivity contribution in [1.82, 2.24) is 15.0 Å². The molecule has 0 saturated carbocycles. The standard InChI is InChI=1S/C25H21Br2N3/c1-4-17-5-7-18(8-6-17)23-28-24(19-9-11-21(26)15(2)13-19)30-25(29-23)20-10-12-22(27)16(3)14-20/h5-14H,4H2,1-3H3. The first-order valence-electron chi connectivity index (χ1n) is 9.83. The maximum absolute atomic E-state index is 4.82. The molecule has 1 heterocycles. The van der Waals surface area contributed by atoms with Gasteiger partial charge in [0.15, 0.2) is 17.5 Å². The number of hydrogen-bond acceptors (Lipinski definition) is 3. The Hall–Kier alpha value is -2.37. The molecular weight excluding hydrogens is 502 g/mol. The molecule has 0 atom stereocenters. The van der Waals surface area contributed by atoms with Gasteiger partial charge in [0.25, 0.3) is 0 Å². The fourth-order valence-electron chi connectivity index (χ4n) is 3.22. The smallest absolute Gasteiger partial charge is 0.164 e. The molecule has 0 amide bonds. The molecule has 30 heavy (non-hydrogen) atoms. The Bertz CT molecular complexity index is 1150. The summed E-state index contributed by atoms with van der Waals surface area (Å²) in [5, 5.41) is 0. The lowest BCUT2D eigenvalue weighted by atomic mass is 10.1. The second-order valence-corrected chi connectivity index (χ2v) is 8.99. The highest BCUT2D eigenvalue weighted by Gasteiger charge is 2.13. The third-order valence-electron chi connectivity index (χ3n) is 5.09. The second-order valence-electron chi connectivity index (χ2n) is 7.28. The van der Waals surface area contributed by atoms with E-state index in [1.807, 2.05) is 24.3 Å². The number of benzene rings is 3. The van der Waals surface area contributed by atoms with E-state index in [1.165, 1.54) is 5.56 Å². The van der Waals surface area contributed by atoms with Gasteiger partial charge >= 0.3 is 0 Å². The molecule has 4 rings (SSSR count). The number of aromatic nitrogens is 3. The molecule has 0 aliphatic rings. The Morgan fingerprint density at radius 3 is 1.40 bits per heavy atom. The number of aryl methyl sites for hydroxylation is 3. The molecule has 0 bridgehead atoms. The molecule has 0 spiro atoms. The highest BCUT2D eigenvalue weighted by atomic mass is 79.9. The normalized spacial score (nSPS) is 11.0. The maximum atomic E-state index is 4.82. The van der Waals surface area contributed by atoms with Gasteiger partial charge in [0.1, 0.15) is 0 Å². The van der Waals surface area contributed by atoms with Crippen molar-refractivity contribution < 1.29 is 0 Å². The Morgan fingerprint density at radius 1 is 0.600 bits per heavy atom. The zero-order chi connectivity index (χ0) is 21.3. The molecule has 0 fully saturated rings. The van der Waals surface area contributed by atoms with E-state index in [-0.39, 0.29) is 0 Å². The number of hydrogen-bond donors (Lipinski definition) is 0. The van der Waals surface area contributed by atoms with Crippen molar-refractivity contribution in [3.05, 3.63) is 86.3 Å². The third kappa shape index (κ3) is 4.37. The zero-order valence-corrected chi connectivity index (χ0v) is 20.3. The van der Waals surface area contributed by atoms with Crippen LogP contribution in [-0.2, 0) is 6.42 Å². The van der Waals surface area contributed by atoms with Crippen molar-refractivity contribution in [2.45, 2.75) is 27.2 Å². The molecule has 150 valence electrons. The van der Waals surface area contributed by atoms with Crippen molar-refractivity contribution >= 4 is 31.9 Å². The molecule has 0 aliphatic heterocycles. The minimum Gasteiger partial charge on any atom is -0.208 e. The summed E-state index contributed by atoms with van der Waals surface area (Å²) in [6.45, 7) is 6.29. The molecule has 3 aromatic carbocycles. The minimum atomic E-state index is 0.672. The fraction of sp³-hybridized carbons (Fsp3) is 0.160. The Labute approximate surface area is 193 Å². The third-order valence-corrected chi connectivity index (χ3v) is 6.87. The number of nitrogens with zero attached hydrogens (tertiary/aromatic N) is 3. The molecule has 4 aromatic rings. The summed E-state index contributed by atoms with van der Waals surface area (Å²) in [5.41, 5.74) is 6.50. The average molecular weight is 523 g/mol. The van der Waals surface area contributed by atoms with E-state index in [2.05, 4.69) is 89.0 Å². The van der Waals surface area contributed by atoms with Gasteiger partial charge in [-0.2, -0.15) is 0 Å². The van der Waals surface area contributed by atoms with Gasteiger partial charge in [-0.15, -0.1) is 0 Å². The molecule has 5 heteroatoms. The van der Waals surface area contributed by atoms with Crippen molar-refractivity contribution in [1.29, 1.82) is 0 Å². The Morgan fingerprint density at radius 2 is 1.00 bits per heavy atom. The van der Waals surface area contributed by atoms with Crippen molar-refractivity contribution in [2.75, 3.05) is 0 Å². The van der Waals surface area contributed by atoms with Crippen LogP contribution in [0.4, 0.5) is 0 Å². The van der Waals surface area contributed by atoms with Crippen LogP contribution in [0.5, 0.6) is 0 Å². The maximum Gasteiger partial charge on any atom is 0.164 e. The Balaban J connectivity index is 1.90. The van der Waals surface area contributed by atoms with Gasteiger partial charge in [-0.3, -0.25) is 0 Å². The van der Waals surface area contributed by atoms with Crippen LogP contribution in [0.3, 0.4) is 0 Å². The quantitative estimate of drug-likeness (QED) is 0.277. The summed E-state index contributed by atoms with van der Waals surface area (Å²) < 4.78 is 2.14. The van der Waals surface area contributed by atoms with Gasteiger partial charge in [0, 0.05) is 25.6 Å². The van der Waals surface area contributed by atoms with E-state index in [4.69, 9.17) is 15.0 Å². The zero-order valence-electron chi connectivity index (χ0n) is 17.1. The summed E-state index contributed by atoms with van der Waals surface area (Å²) >= 11 is 7.15. The van der Waals surface area contributed by atoms with Crippen molar-refractivity contribution in [2.24, 2.45) is 0 Å². The van der Waals surface area contributed by atoms with Crippen LogP contribution in [0.2, 0.25) is 0 Å². The lowest BCUT2D eigenvalue weighted by molar-refractivity contribution is 1.07. The fourth-order valence-corrected chi connectivity index (χ4v) is 3.71. The van der Waals surface area contributed by atoms with Gasteiger partial charge in [0.05, 0.1) is 0 Å². The molecule has 0 unspecified atom stereocenters. The van der Waals surface area contributed by atoms with Gasteiger partial charge in [-0.1, -0.05) is 75.2 Å². The summed E-state index contributed by atoms with van der Waals surface area (Å²) in [7, 11) is 0. The largest absolute Gasteiger partial charge is 0.208 e. The summed E-state index contributed by atoms with van der Waals surface area (Å²) in [4.78, 5) is 14.5. The van der Waals surface area contributed by atoms with Crippen LogP contribution in [-0.4, -0.2) is 15.0 Å². The topological polar surface area (TPSA) is 38.7 Å². The molecule has 0 aliphatic carbocycles. The summed E-state index contributed by atoms with van der Waals surface area (Å²) in [6, 6.07) is 20.8. The molecule has 0 N–H and O–H groups in total. The van der Waals surface area contributed by atoms with E-state index < -0.39 is 0 Å². The number of halogens is 2. The van der Waals surface area contributed by atoms with Crippen LogP contribution >= 0.6 is 31.9 Å². The van der Waals surface area contributed by atoms with E-state index in [0.717, 1.165) is 43.2 Å². The Kier molecular flexibility index (Phi) is 6.11. The van der Waals surface area contributed by atoms with E-state index in [1.54, 1.807) is 0 Å². The minimum absolute atomic E-state index is 0.672. The molecule has 3 nitrogen and oxygen atoms in total. The van der Waals surface area contributed by atoms with Crippen LogP contribution in [0.25, 0.3) is 34.2 Å². The van der Waals surface area contributed by atoms with Crippen LogP contribution in [0, 0.1) is 13.8 Å². The van der Waals surface area contributed by atoms with Crippen molar-refractivity contribution in [3.63, 3.8) is 0 Å². The van der Waals surface area contributed by atoms with Gasteiger partial charge < -0.3 is 0 Å². The molecule has 1 aromatic heterocycles. The SMILES string of the molecule is CCc1ccc(-c2nc(-c3ccc(Br)c(C)c3)nc(-c3ccc(Br)c(C)c3)n2)cc1. The van der Waals surface area contributed by atoms with Crippen molar-refractivity contribution in [3.8, 4) is 34.2 Å². The highest BCUT2D eigenvalue weighted by Crippen LogP contribution is 2.29. The van der Waals surface area contributed by atoms with Crippen LogP contribution < -0.4 is 0 Å². The van der Waals surface area contributed by atoms with Gasteiger partial charge in [-0.25, -0.2) is 15.0 Å². The van der Waals surface area contributed by atoms with E-state index >= 15 is 0 Å². The predicted octanol–water partition coefficient (Wildman–Crippen LogP) is 7.58. The first-order chi connectivity index (χ1) is 14.4. The first kappa shape index (κ1) is 20.9. The second kappa shape index (κ2) is 8.78. The van der Waals surface area contributed by atoms with E-state index in [9.17, 15) is 0 Å². The van der Waals surface area contributed by atoms with Crippen LogP contribution in [0.15, 0.2) is 69.6 Å². The number of rotatable bonds is 4. The first-order valence-corrected chi connectivity index (χ1v) is 11.4. The molecule has 0 radical (unpaired) electrons.